The molecule has 8 heteroatoms. The van der Waals surface area contributed by atoms with E-state index in [1.807, 2.05) is 19.9 Å². The fourth-order valence-electron chi connectivity index (χ4n) is 3.50. The summed E-state index contributed by atoms with van der Waals surface area (Å²) >= 11 is 1.72. The molecule has 1 unspecified atom stereocenters. The maximum Gasteiger partial charge on any atom is 0.191 e. The summed E-state index contributed by atoms with van der Waals surface area (Å²) in [5, 5.41) is 7.97. The third-order valence-corrected chi connectivity index (χ3v) is 5.92. The molecule has 0 aliphatic carbocycles. The molecule has 1 aliphatic rings. The lowest BCUT2D eigenvalue weighted by Crippen LogP contribution is -2.42. The van der Waals surface area contributed by atoms with E-state index in [-0.39, 0.29) is 30.0 Å². The fraction of sp³-hybridized carbons (Fsp3) is 0.600. The molecule has 3 rings (SSSR count). The molecule has 2 aromatic heterocycles. The molecule has 0 bridgehead atoms. The van der Waals surface area contributed by atoms with E-state index >= 15 is 0 Å². The van der Waals surface area contributed by atoms with Gasteiger partial charge in [-0.05, 0) is 65.8 Å². The van der Waals surface area contributed by atoms with Crippen LogP contribution in [0.3, 0.4) is 0 Å². The van der Waals surface area contributed by atoms with Crippen molar-refractivity contribution in [2.24, 2.45) is 4.99 Å². The van der Waals surface area contributed by atoms with Crippen LogP contribution in [0.2, 0.25) is 0 Å². The zero-order valence-electron chi connectivity index (χ0n) is 17.2. The first-order chi connectivity index (χ1) is 13.1. The maximum atomic E-state index is 5.95. The molecule has 1 saturated heterocycles. The number of guanidine groups is 1. The molecule has 2 aromatic rings. The summed E-state index contributed by atoms with van der Waals surface area (Å²) in [7, 11) is 0. The smallest absolute Gasteiger partial charge is 0.191 e. The van der Waals surface area contributed by atoms with Crippen LogP contribution in [-0.2, 0) is 6.54 Å². The molecular formula is C20H32IN5OS. The lowest BCUT2D eigenvalue weighted by Gasteiger charge is -2.26. The number of halogens is 1. The second-order valence-corrected chi connectivity index (χ2v) is 8.31. The molecule has 1 aliphatic heterocycles. The van der Waals surface area contributed by atoms with E-state index in [0.717, 1.165) is 54.4 Å². The van der Waals surface area contributed by atoms with Crippen LogP contribution in [0.1, 0.15) is 52.9 Å². The summed E-state index contributed by atoms with van der Waals surface area (Å²) in [6.45, 7) is 12.7. The zero-order chi connectivity index (χ0) is 19.2. The topological polar surface area (TPSA) is 65.7 Å². The molecule has 0 aromatic carbocycles. The van der Waals surface area contributed by atoms with Crippen molar-refractivity contribution < 1.29 is 4.42 Å². The van der Waals surface area contributed by atoms with Crippen LogP contribution in [0, 0.1) is 20.8 Å². The summed E-state index contributed by atoms with van der Waals surface area (Å²) < 4.78 is 5.95. The lowest BCUT2D eigenvalue weighted by molar-refractivity contribution is 0.213. The highest BCUT2D eigenvalue weighted by Crippen LogP contribution is 2.26. The number of thiazole rings is 1. The summed E-state index contributed by atoms with van der Waals surface area (Å²) in [6.07, 6.45) is 2.52. The molecule has 0 spiro atoms. The maximum absolute atomic E-state index is 5.95. The van der Waals surface area contributed by atoms with Gasteiger partial charge in [-0.3, -0.25) is 4.90 Å². The average molecular weight is 517 g/mol. The van der Waals surface area contributed by atoms with Crippen molar-refractivity contribution in [1.29, 1.82) is 0 Å². The van der Waals surface area contributed by atoms with Crippen molar-refractivity contribution in [3.05, 3.63) is 39.2 Å². The van der Waals surface area contributed by atoms with Gasteiger partial charge in [-0.1, -0.05) is 0 Å². The van der Waals surface area contributed by atoms with Crippen molar-refractivity contribution >= 4 is 41.3 Å². The first kappa shape index (κ1) is 23.2. The predicted octanol–water partition coefficient (Wildman–Crippen LogP) is 4.17. The van der Waals surface area contributed by atoms with E-state index in [1.54, 1.807) is 11.3 Å². The summed E-state index contributed by atoms with van der Waals surface area (Å²) in [5.41, 5.74) is 1.08. The Balaban J connectivity index is 0.00000280. The van der Waals surface area contributed by atoms with Crippen LogP contribution < -0.4 is 10.6 Å². The number of aromatic nitrogens is 1. The minimum Gasteiger partial charge on any atom is -0.465 e. The summed E-state index contributed by atoms with van der Waals surface area (Å²) in [5.74, 6) is 2.84. The molecule has 28 heavy (non-hydrogen) atoms. The Kier molecular flexibility index (Phi) is 9.23. The van der Waals surface area contributed by atoms with Gasteiger partial charge in [0, 0.05) is 18.0 Å². The SMILES string of the molecule is CCNC(=NCc1sc(C)nc1C)NCC(c1ccc(C)o1)N1CCCC1.I. The van der Waals surface area contributed by atoms with Crippen LogP contribution in [-0.4, -0.2) is 42.0 Å². The average Bonchev–Trinajstić information content (AvgIpc) is 3.36. The van der Waals surface area contributed by atoms with Gasteiger partial charge >= 0.3 is 0 Å². The van der Waals surface area contributed by atoms with E-state index in [2.05, 4.69) is 40.4 Å². The number of nitrogens with zero attached hydrogens (tertiary/aromatic N) is 3. The van der Waals surface area contributed by atoms with Gasteiger partial charge < -0.3 is 15.1 Å². The van der Waals surface area contributed by atoms with Gasteiger partial charge in [0.2, 0.25) is 0 Å². The van der Waals surface area contributed by atoms with Gasteiger partial charge in [0.15, 0.2) is 5.96 Å². The van der Waals surface area contributed by atoms with Crippen LogP contribution in [0.15, 0.2) is 21.5 Å². The van der Waals surface area contributed by atoms with E-state index in [4.69, 9.17) is 9.41 Å². The Morgan fingerprint density at radius 3 is 2.57 bits per heavy atom. The molecule has 3 heterocycles. The van der Waals surface area contributed by atoms with Crippen LogP contribution in [0.25, 0.3) is 0 Å². The minimum absolute atomic E-state index is 0. The Labute approximate surface area is 189 Å². The molecule has 0 amide bonds. The van der Waals surface area contributed by atoms with Crippen molar-refractivity contribution in [3.63, 3.8) is 0 Å². The molecule has 6 nitrogen and oxygen atoms in total. The number of hydrogen-bond acceptors (Lipinski definition) is 5. The van der Waals surface area contributed by atoms with Crippen LogP contribution in [0.4, 0.5) is 0 Å². The van der Waals surface area contributed by atoms with Crippen LogP contribution >= 0.6 is 35.3 Å². The number of likely N-dealkylation sites (tertiary alicyclic amines) is 1. The number of aryl methyl sites for hydroxylation is 3. The standard InChI is InChI=1S/C20H31N5OS.HI/c1-5-21-20(23-13-19-15(3)24-16(4)27-19)22-12-17(25-10-6-7-11-25)18-9-8-14(2)26-18;/h8-9,17H,5-7,10-13H2,1-4H3,(H2,21,22,23);1H. The van der Waals surface area contributed by atoms with Crippen LogP contribution in [0.5, 0.6) is 0 Å². The van der Waals surface area contributed by atoms with Crippen molar-refractivity contribution in [1.82, 2.24) is 20.5 Å². The molecule has 0 radical (unpaired) electrons. The van der Waals surface area contributed by atoms with Gasteiger partial charge in [-0.2, -0.15) is 0 Å². The third kappa shape index (κ3) is 6.18. The second kappa shape index (κ2) is 11.2. The molecule has 1 fully saturated rings. The third-order valence-electron chi connectivity index (χ3n) is 4.86. The fourth-order valence-corrected chi connectivity index (χ4v) is 4.36. The van der Waals surface area contributed by atoms with E-state index in [9.17, 15) is 0 Å². The number of hydrogen-bond donors (Lipinski definition) is 2. The first-order valence-corrected chi connectivity index (χ1v) is 10.6. The normalized spacial score (nSPS) is 16.1. The molecular weight excluding hydrogens is 485 g/mol. The van der Waals surface area contributed by atoms with E-state index in [1.165, 1.54) is 17.7 Å². The zero-order valence-corrected chi connectivity index (χ0v) is 20.4. The number of rotatable bonds is 7. The molecule has 156 valence electrons. The van der Waals surface area contributed by atoms with Gasteiger partial charge in [0.05, 0.1) is 23.3 Å². The summed E-state index contributed by atoms with van der Waals surface area (Å²) in [6, 6.07) is 4.39. The predicted molar refractivity (Wildman–Crippen MR) is 127 cm³/mol. The Bertz CT molecular complexity index is 766. The first-order valence-electron chi connectivity index (χ1n) is 9.82. The molecule has 1 atom stereocenters. The highest BCUT2D eigenvalue weighted by Gasteiger charge is 2.26. The Morgan fingerprint density at radius 2 is 2.00 bits per heavy atom. The molecule has 2 N–H and O–H groups in total. The largest absolute Gasteiger partial charge is 0.465 e. The van der Waals surface area contributed by atoms with E-state index < -0.39 is 0 Å². The lowest BCUT2D eigenvalue weighted by atomic mass is 10.2. The van der Waals surface area contributed by atoms with Crippen molar-refractivity contribution in [3.8, 4) is 0 Å². The number of aliphatic imine (C=N–C) groups is 1. The van der Waals surface area contributed by atoms with Gasteiger partial charge in [-0.25, -0.2) is 9.98 Å². The highest BCUT2D eigenvalue weighted by atomic mass is 127. The number of nitrogens with one attached hydrogen (secondary N) is 2. The van der Waals surface area contributed by atoms with Gasteiger partial charge in [-0.15, -0.1) is 35.3 Å². The molecule has 0 saturated carbocycles. The minimum atomic E-state index is 0. The number of furan rings is 1. The van der Waals surface area contributed by atoms with Gasteiger partial charge in [0.25, 0.3) is 0 Å². The monoisotopic (exact) mass is 517 g/mol. The van der Waals surface area contributed by atoms with Crippen molar-refractivity contribution in [2.45, 2.75) is 53.1 Å². The second-order valence-electron chi connectivity index (χ2n) is 7.02. The quantitative estimate of drug-likeness (QED) is 0.328. The summed E-state index contributed by atoms with van der Waals surface area (Å²) in [4.78, 5) is 13.0. The Morgan fingerprint density at radius 1 is 1.25 bits per heavy atom. The Hall–Kier alpha value is -1.13. The highest BCUT2D eigenvalue weighted by molar-refractivity contribution is 14.0. The van der Waals surface area contributed by atoms with E-state index in [0.29, 0.717) is 6.54 Å². The van der Waals surface area contributed by atoms with Gasteiger partial charge in [0.1, 0.15) is 11.5 Å². The van der Waals surface area contributed by atoms with Crippen molar-refractivity contribution in [2.75, 3.05) is 26.2 Å².